The van der Waals surface area contributed by atoms with Gasteiger partial charge >= 0.3 is 0 Å². The lowest BCUT2D eigenvalue weighted by molar-refractivity contribution is -0.116. The fraction of sp³-hybridized carbons (Fsp3) is 0.235. The summed E-state index contributed by atoms with van der Waals surface area (Å²) in [6, 6.07) is 19.8. The lowest BCUT2D eigenvalue weighted by Crippen LogP contribution is -2.15. The molecule has 0 heterocycles. The summed E-state index contributed by atoms with van der Waals surface area (Å²) in [5, 5.41) is 2.94. The van der Waals surface area contributed by atoms with Crippen LogP contribution in [0.1, 0.15) is 31.2 Å². The second kappa shape index (κ2) is 6.74. The van der Waals surface area contributed by atoms with E-state index >= 15 is 0 Å². The molecule has 0 aliphatic rings. The highest BCUT2D eigenvalue weighted by Crippen LogP contribution is 2.23. The van der Waals surface area contributed by atoms with Crippen molar-refractivity contribution in [2.24, 2.45) is 0 Å². The van der Waals surface area contributed by atoms with Gasteiger partial charge in [0.1, 0.15) is 0 Å². The van der Waals surface area contributed by atoms with Crippen molar-refractivity contribution < 1.29 is 4.79 Å². The molecule has 1 N–H and O–H groups in total. The molecule has 0 radical (unpaired) electrons. The smallest absolute Gasteiger partial charge is 0.224 e. The van der Waals surface area contributed by atoms with Gasteiger partial charge in [-0.25, -0.2) is 0 Å². The van der Waals surface area contributed by atoms with Crippen molar-refractivity contribution in [2.75, 3.05) is 5.32 Å². The number of para-hydroxylation sites is 1. The maximum absolute atomic E-state index is 12.0. The van der Waals surface area contributed by atoms with Gasteiger partial charge in [0.2, 0.25) is 5.91 Å². The second-order valence-corrected chi connectivity index (χ2v) is 4.63. The lowest BCUT2D eigenvalue weighted by Gasteiger charge is -2.15. The van der Waals surface area contributed by atoms with Gasteiger partial charge in [0.05, 0.1) is 0 Å². The number of benzene rings is 2. The van der Waals surface area contributed by atoms with E-state index in [0.29, 0.717) is 6.42 Å². The molecule has 2 aromatic rings. The molecule has 0 aliphatic heterocycles. The summed E-state index contributed by atoms with van der Waals surface area (Å²) < 4.78 is 0. The molecule has 0 bridgehead atoms. The molecular weight excluding hydrogens is 234 g/mol. The first-order valence-electron chi connectivity index (χ1n) is 6.69. The Balaban J connectivity index is 1.97. The van der Waals surface area contributed by atoms with E-state index < -0.39 is 0 Å². The normalized spacial score (nSPS) is 11.8. The van der Waals surface area contributed by atoms with Crippen LogP contribution in [0.25, 0.3) is 0 Å². The van der Waals surface area contributed by atoms with Crippen LogP contribution in [0.15, 0.2) is 60.7 Å². The monoisotopic (exact) mass is 253 g/mol. The molecule has 19 heavy (non-hydrogen) atoms. The standard InChI is InChI=1S/C17H19NO/c1-2-14(15-9-5-3-6-10-15)13-17(19)18-16-11-7-4-8-12-16/h3-12,14H,2,13H2,1H3,(H,18,19)/t14-/m1/s1. The fourth-order valence-electron chi connectivity index (χ4n) is 2.18. The van der Waals surface area contributed by atoms with Crippen LogP contribution in [0.4, 0.5) is 5.69 Å². The van der Waals surface area contributed by atoms with Gasteiger partial charge in [-0.05, 0) is 30.0 Å². The van der Waals surface area contributed by atoms with Crippen LogP contribution in [0.5, 0.6) is 0 Å². The topological polar surface area (TPSA) is 29.1 Å². The van der Waals surface area contributed by atoms with Gasteiger partial charge in [-0.2, -0.15) is 0 Å². The van der Waals surface area contributed by atoms with Crippen LogP contribution >= 0.6 is 0 Å². The number of anilines is 1. The van der Waals surface area contributed by atoms with Crippen LogP contribution in [-0.2, 0) is 4.79 Å². The van der Waals surface area contributed by atoms with E-state index in [2.05, 4.69) is 24.4 Å². The Bertz CT molecular complexity index is 507. The Morgan fingerprint density at radius 2 is 1.58 bits per heavy atom. The average molecular weight is 253 g/mol. The molecule has 0 unspecified atom stereocenters. The zero-order valence-corrected chi connectivity index (χ0v) is 11.2. The van der Waals surface area contributed by atoms with E-state index in [4.69, 9.17) is 0 Å². The molecule has 0 fully saturated rings. The lowest BCUT2D eigenvalue weighted by atomic mass is 9.93. The van der Waals surface area contributed by atoms with E-state index in [0.717, 1.165) is 12.1 Å². The third-order valence-electron chi connectivity index (χ3n) is 3.25. The Morgan fingerprint density at radius 3 is 2.16 bits per heavy atom. The second-order valence-electron chi connectivity index (χ2n) is 4.63. The van der Waals surface area contributed by atoms with Gasteiger partial charge in [-0.15, -0.1) is 0 Å². The quantitative estimate of drug-likeness (QED) is 0.849. The predicted molar refractivity (Wildman–Crippen MR) is 79.2 cm³/mol. The minimum Gasteiger partial charge on any atom is -0.326 e. The van der Waals surface area contributed by atoms with Crippen molar-refractivity contribution in [1.29, 1.82) is 0 Å². The molecule has 1 amide bonds. The average Bonchev–Trinajstić information content (AvgIpc) is 2.47. The predicted octanol–water partition coefficient (Wildman–Crippen LogP) is 4.21. The third kappa shape index (κ3) is 3.95. The van der Waals surface area contributed by atoms with E-state index in [9.17, 15) is 4.79 Å². The maximum Gasteiger partial charge on any atom is 0.224 e. The Morgan fingerprint density at radius 1 is 1.00 bits per heavy atom. The molecule has 0 saturated heterocycles. The molecule has 0 aliphatic carbocycles. The molecule has 1 atom stereocenters. The summed E-state index contributed by atoms with van der Waals surface area (Å²) in [5.74, 6) is 0.354. The van der Waals surface area contributed by atoms with E-state index in [1.165, 1.54) is 5.56 Å². The summed E-state index contributed by atoms with van der Waals surface area (Å²) in [6.07, 6.45) is 1.49. The highest BCUT2D eigenvalue weighted by atomic mass is 16.1. The number of rotatable bonds is 5. The molecule has 98 valence electrons. The first kappa shape index (κ1) is 13.3. The summed E-state index contributed by atoms with van der Waals surface area (Å²) in [7, 11) is 0. The van der Waals surface area contributed by atoms with Gasteiger partial charge < -0.3 is 5.32 Å². The Hall–Kier alpha value is -2.09. The molecule has 2 heteroatoms. The van der Waals surface area contributed by atoms with Crippen LogP contribution in [0.2, 0.25) is 0 Å². The summed E-state index contributed by atoms with van der Waals surface area (Å²) >= 11 is 0. The summed E-state index contributed by atoms with van der Waals surface area (Å²) in [6.45, 7) is 2.12. The van der Waals surface area contributed by atoms with Crippen molar-refractivity contribution >= 4 is 11.6 Å². The highest BCUT2D eigenvalue weighted by molar-refractivity contribution is 5.91. The molecule has 0 saturated carbocycles. The number of hydrogen-bond donors (Lipinski definition) is 1. The van der Waals surface area contributed by atoms with Crippen molar-refractivity contribution in [2.45, 2.75) is 25.7 Å². The van der Waals surface area contributed by atoms with E-state index in [1.807, 2.05) is 48.5 Å². The van der Waals surface area contributed by atoms with Crippen molar-refractivity contribution in [1.82, 2.24) is 0 Å². The summed E-state index contributed by atoms with van der Waals surface area (Å²) in [5.41, 5.74) is 2.09. The molecule has 0 aromatic heterocycles. The highest BCUT2D eigenvalue weighted by Gasteiger charge is 2.13. The van der Waals surface area contributed by atoms with E-state index in [-0.39, 0.29) is 11.8 Å². The van der Waals surface area contributed by atoms with Crippen molar-refractivity contribution in [3.05, 3.63) is 66.2 Å². The van der Waals surface area contributed by atoms with Gasteiger partial charge in [0.25, 0.3) is 0 Å². The number of hydrogen-bond acceptors (Lipinski definition) is 1. The Labute approximate surface area is 114 Å². The minimum absolute atomic E-state index is 0.0712. The Kier molecular flexibility index (Phi) is 4.73. The van der Waals surface area contributed by atoms with Gasteiger partial charge in [-0.3, -0.25) is 4.79 Å². The fourth-order valence-corrected chi connectivity index (χ4v) is 2.18. The molecule has 2 aromatic carbocycles. The molecule has 2 rings (SSSR count). The van der Waals surface area contributed by atoms with Crippen LogP contribution in [0.3, 0.4) is 0 Å². The van der Waals surface area contributed by atoms with E-state index in [1.54, 1.807) is 0 Å². The number of carbonyl (C=O) groups is 1. The molecular formula is C17H19NO. The van der Waals surface area contributed by atoms with Crippen LogP contribution in [-0.4, -0.2) is 5.91 Å². The first-order chi connectivity index (χ1) is 9.29. The van der Waals surface area contributed by atoms with Crippen LogP contribution in [0, 0.1) is 0 Å². The largest absolute Gasteiger partial charge is 0.326 e. The van der Waals surface area contributed by atoms with Gasteiger partial charge in [0.15, 0.2) is 0 Å². The van der Waals surface area contributed by atoms with Crippen molar-refractivity contribution in [3.63, 3.8) is 0 Å². The molecule has 0 spiro atoms. The zero-order valence-electron chi connectivity index (χ0n) is 11.2. The number of nitrogens with one attached hydrogen (secondary N) is 1. The number of amides is 1. The minimum atomic E-state index is 0.0712. The molecule has 2 nitrogen and oxygen atoms in total. The maximum atomic E-state index is 12.0. The number of carbonyl (C=O) groups excluding carboxylic acids is 1. The van der Waals surface area contributed by atoms with Gasteiger partial charge in [0, 0.05) is 12.1 Å². The van der Waals surface area contributed by atoms with Gasteiger partial charge in [-0.1, -0.05) is 55.5 Å². The van der Waals surface area contributed by atoms with Crippen molar-refractivity contribution in [3.8, 4) is 0 Å². The third-order valence-corrected chi connectivity index (χ3v) is 3.25. The van der Waals surface area contributed by atoms with Crippen LogP contribution < -0.4 is 5.32 Å². The SMILES string of the molecule is CC[C@H](CC(=O)Nc1ccccc1)c1ccccc1. The first-order valence-corrected chi connectivity index (χ1v) is 6.69. The zero-order chi connectivity index (χ0) is 13.5. The summed E-state index contributed by atoms with van der Waals surface area (Å²) in [4.78, 5) is 12.0.